The molecule has 0 saturated heterocycles. The third-order valence-corrected chi connectivity index (χ3v) is 3.56. The molecule has 0 aliphatic heterocycles. The molecule has 0 spiro atoms. The first-order chi connectivity index (χ1) is 10.1. The Bertz CT molecular complexity index is 643. The number of hydrogen-bond acceptors (Lipinski definition) is 3. The molecule has 0 bridgehead atoms. The van der Waals surface area contributed by atoms with Crippen molar-refractivity contribution in [3.05, 3.63) is 47.8 Å². The van der Waals surface area contributed by atoms with Gasteiger partial charge >= 0.3 is 0 Å². The number of carbonyl (C=O) groups is 1. The van der Waals surface area contributed by atoms with Crippen LogP contribution in [0.5, 0.6) is 0 Å². The predicted molar refractivity (Wildman–Crippen MR) is 81.4 cm³/mol. The molecule has 5 heteroatoms. The van der Waals surface area contributed by atoms with Crippen LogP contribution in [0.2, 0.25) is 0 Å². The van der Waals surface area contributed by atoms with Crippen LogP contribution in [0.25, 0.3) is 5.69 Å². The van der Waals surface area contributed by atoms with E-state index in [0.29, 0.717) is 11.7 Å². The molecule has 3 rings (SSSR count). The molecule has 1 fully saturated rings. The van der Waals surface area contributed by atoms with Crippen molar-refractivity contribution in [2.24, 2.45) is 0 Å². The topological polar surface area (TPSA) is 50.2 Å². The SMILES string of the molecule is CN(C)C(=O)c1ccn(-c2cccc(CNC3CC3)c2)n1. The fourth-order valence-electron chi connectivity index (χ4n) is 2.17. The molecule has 1 aromatic heterocycles. The first kappa shape index (κ1) is 13.8. The average molecular weight is 284 g/mol. The van der Waals surface area contributed by atoms with Crippen LogP contribution in [0.15, 0.2) is 36.5 Å². The highest BCUT2D eigenvalue weighted by Crippen LogP contribution is 2.19. The summed E-state index contributed by atoms with van der Waals surface area (Å²) in [6.45, 7) is 0.878. The number of amides is 1. The van der Waals surface area contributed by atoms with E-state index in [2.05, 4.69) is 22.5 Å². The minimum absolute atomic E-state index is 0.0831. The molecule has 0 unspecified atom stereocenters. The van der Waals surface area contributed by atoms with Gasteiger partial charge in [0.25, 0.3) is 5.91 Å². The third kappa shape index (κ3) is 3.31. The van der Waals surface area contributed by atoms with Crippen molar-refractivity contribution >= 4 is 5.91 Å². The number of aromatic nitrogens is 2. The fourth-order valence-corrected chi connectivity index (χ4v) is 2.17. The Balaban J connectivity index is 1.76. The van der Waals surface area contributed by atoms with Crippen molar-refractivity contribution in [3.8, 4) is 5.69 Å². The first-order valence-electron chi connectivity index (χ1n) is 7.23. The van der Waals surface area contributed by atoms with Gasteiger partial charge in [0.2, 0.25) is 0 Å². The molecule has 0 atom stereocenters. The molecular formula is C16H20N4O. The van der Waals surface area contributed by atoms with Gasteiger partial charge in [-0.05, 0) is 36.6 Å². The minimum Gasteiger partial charge on any atom is -0.343 e. The Morgan fingerprint density at radius 2 is 2.19 bits per heavy atom. The first-order valence-corrected chi connectivity index (χ1v) is 7.23. The lowest BCUT2D eigenvalue weighted by atomic mass is 10.2. The van der Waals surface area contributed by atoms with Crippen molar-refractivity contribution in [1.29, 1.82) is 0 Å². The zero-order valence-corrected chi connectivity index (χ0v) is 12.4. The lowest BCUT2D eigenvalue weighted by molar-refractivity contribution is 0.0821. The molecule has 1 saturated carbocycles. The van der Waals surface area contributed by atoms with Crippen LogP contribution in [0, 0.1) is 0 Å². The molecule has 2 aromatic rings. The van der Waals surface area contributed by atoms with E-state index < -0.39 is 0 Å². The van der Waals surface area contributed by atoms with Crippen LogP contribution in [0.3, 0.4) is 0 Å². The van der Waals surface area contributed by atoms with Crippen molar-refractivity contribution < 1.29 is 4.79 Å². The van der Waals surface area contributed by atoms with E-state index in [1.165, 1.54) is 23.3 Å². The van der Waals surface area contributed by atoms with Crippen LogP contribution in [0.4, 0.5) is 0 Å². The zero-order chi connectivity index (χ0) is 14.8. The smallest absolute Gasteiger partial charge is 0.273 e. The molecule has 21 heavy (non-hydrogen) atoms. The summed E-state index contributed by atoms with van der Waals surface area (Å²) in [5.74, 6) is -0.0831. The number of carbonyl (C=O) groups excluding carboxylic acids is 1. The zero-order valence-electron chi connectivity index (χ0n) is 12.4. The van der Waals surface area contributed by atoms with Gasteiger partial charge in [-0.1, -0.05) is 12.1 Å². The molecule has 1 aliphatic rings. The van der Waals surface area contributed by atoms with Crippen molar-refractivity contribution in [1.82, 2.24) is 20.0 Å². The van der Waals surface area contributed by atoms with Crippen LogP contribution < -0.4 is 5.32 Å². The highest BCUT2D eigenvalue weighted by Gasteiger charge is 2.20. The molecule has 110 valence electrons. The van der Waals surface area contributed by atoms with E-state index in [9.17, 15) is 4.79 Å². The summed E-state index contributed by atoms with van der Waals surface area (Å²) in [5.41, 5.74) is 2.67. The van der Waals surface area contributed by atoms with E-state index in [0.717, 1.165) is 12.2 Å². The second kappa shape index (κ2) is 5.69. The van der Waals surface area contributed by atoms with Crippen molar-refractivity contribution in [3.63, 3.8) is 0 Å². The van der Waals surface area contributed by atoms with Gasteiger partial charge in [-0.25, -0.2) is 4.68 Å². The fraction of sp³-hybridized carbons (Fsp3) is 0.375. The lowest BCUT2D eigenvalue weighted by Gasteiger charge is -2.08. The van der Waals surface area contributed by atoms with Crippen LogP contribution >= 0.6 is 0 Å². The van der Waals surface area contributed by atoms with Gasteiger partial charge in [0.05, 0.1) is 5.69 Å². The second-order valence-corrected chi connectivity index (χ2v) is 5.67. The van der Waals surface area contributed by atoms with E-state index in [4.69, 9.17) is 0 Å². The summed E-state index contributed by atoms with van der Waals surface area (Å²) >= 11 is 0. The van der Waals surface area contributed by atoms with Gasteiger partial charge in [0.15, 0.2) is 5.69 Å². The maximum atomic E-state index is 11.9. The third-order valence-electron chi connectivity index (χ3n) is 3.56. The molecule has 0 radical (unpaired) electrons. The molecule has 1 aromatic carbocycles. The Morgan fingerprint density at radius 1 is 1.38 bits per heavy atom. The van der Waals surface area contributed by atoms with Gasteiger partial charge < -0.3 is 10.2 Å². The molecule has 1 aliphatic carbocycles. The Hall–Kier alpha value is -2.14. The summed E-state index contributed by atoms with van der Waals surface area (Å²) in [7, 11) is 3.46. The predicted octanol–water partition coefficient (Wildman–Crippen LogP) is 1.83. The second-order valence-electron chi connectivity index (χ2n) is 5.67. The number of nitrogens with one attached hydrogen (secondary N) is 1. The highest BCUT2D eigenvalue weighted by atomic mass is 16.2. The molecule has 1 heterocycles. The standard InChI is InChI=1S/C16H20N4O/c1-19(2)16(21)15-8-9-20(18-15)14-5-3-4-12(10-14)11-17-13-6-7-13/h3-5,8-10,13,17H,6-7,11H2,1-2H3. The maximum absolute atomic E-state index is 11.9. The van der Waals surface area contributed by atoms with Gasteiger partial charge in [-0.2, -0.15) is 5.10 Å². The molecular weight excluding hydrogens is 264 g/mol. The minimum atomic E-state index is -0.0831. The van der Waals surface area contributed by atoms with Gasteiger partial charge in [0.1, 0.15) is 0 Å². The Kier molecular flexibility index (Phi) is 3.75. The summed E-state index contributed by atoms with van der Waals surface area (Å²) in [6, 6.07) is 10.7. The Labute approximate surface area is 124 Å². The summed E-state index contributed by atoms with van der Waals surface area (Å²) in [5, 5.41) is 7.85. The van der Waals surface area contributed by atoms with Crippen molar-refractivity contribution in [2.45, 2.75) is 25.4 Å². The van der Waals surface area contributed by atoms with Gasteiger partial charge in [-0.3, -0.25) is 4.79 Å². The number of nitrogens with zero attached hydrogens (tertiary/aromatic N) is 3. The molecule has 5 nitrogen and oxygen atoms in total. The largest absolute Gasteiger partial charge is 0.343 e. The quantitative estimate of drug-likeness (QED) is 0.911. The van der Waals surface area contributed by atoms with E-state index >= 15 is 0 Å². The van der Waals surface area contributed by atoms with Crippen LogP contribution in [0.1, 0.15) is 28.9 Å². The average Bonchev–Trinajstić information content (AvgIpc) is 3.19. The number of rotatable bonds is 5. The van der Waals surface area contributed by atoms with Crippen LogP contribution in [-0.4, -0.2) is 40.7 Å². The summed E-state index contributed by atoms with van der Waals surface area (Å²) < 4.78 is 1.75. The molecule has 1 N–H and O–H groups in total. The normalized spacial score (nSPS) is 14.2. The van der Waals surface area contributed by atoms with Gasteiger partial charge in [0, 0.05) is 32.9 Å². The van der Waals surface area contributed by atoms with E-state index in [1.54, 1.807) is 24.8 Å². The molecule has 1 amide bonds. The summed E-state index contributed by atoms with van der Waals surface area (Å²) in [4.78, 5) is 13.4. The monoisotopic (exact) mass is 284 g/mol. The number of hydrogen-bond donors (Lipinski definition) is 1. The maximum Gasteiger partial charge on any atom is 0.273 e. The lowest BCUT2D eigenvalue weighted by Crippen LogP contribution is -2.22. The summed E-state index contributed by atoms with van der Waals surface area (Å²) in [6.07, 6.45) is 4.40. The van der Waals surface area contributed by atoms with E-state index in [-0.39, 0.29) is 5.91 Å². The van der Waals surface area contributed by atoms with E-state index in [1.807, 2.05) is 18.3 Å². The number of benzene rings is 1. The van der Waals surface area contributed by atoms with Crippen LogP contribution in [-0.2, 0) is 6.54 Å². The van der Waals surface area contributed by atoms with Gasteiger partial charge in [-0.15, -0.1) is 0 Å². The Morgan fingerprint density at radius 3 is 2.90 bits per heavy atom. The highest BCUT2D eigenvalue weighted by molar-refractivity contribution is 5.91. The van der Waals surface area contributed by atoms with Crippen molar-refractivity contribution in [2.75, 3.05) is 14.1 Å².